The Morgan fingerprint density at radius 1 is 1.37 bits per heavy atom. The molecule has 4 N–H and O–H groups in total. The highest BCUT2D eigenvalue weighted by Crippen LogP contribution is 2.29. The lowest BCUT2D eigenvalue weighted by atomic mass is 10.4. The van der Waals surface area contributed by atoms with Crippen LogP contribution >= 0.6 is 0 Å². The Hall–Kier alpha value is -2.55. The number of aromatic nitrogens is 2. The summed E-state index contributed by atoms with van der Waals surface area (Å²) in [5.41, 5.74) is 5.01. The molecule has 98 valence electrons. The third-order valence-electron chi connectivity index (χ3n) is 2.59. The van der Waals surface area contributed by atoms with E-state index in [1.807, 2.05) is 0 Å². The van der Waals surface area contributed by atoms with Crippen LogP contribution in [0, 0.1) is 0 Å². The van der Waals surface area contributed by atoms with Crippen LogP contribution in [0.25, 0.3) is 6.26 Å². The number of amides is 1. The summed E-state index contributed by atoms with van der Waals surface area (Å²) >= 11 is 0. The molecule has 2 aromatic rings. The van der Waals surface area contributed by atoms with Gasteiger partial charge in [-0.2, -0.15) is 12.8 Å². The van der Waals surface area contributed by atoms with Crippen LogP contribution in [0.3, 0.4) is 0 Å². The normalized spacial score (nSPS) is 15.8. The zero-order valence-corrected chi connectivity index (χ0v) is 10.2. The van der Waals surface area contributed by atoms with Gasteiger partial charge in [-0.05, 0) is 6.07 Å². The van der Waals surface area contributed by atoms with Gasteiger partial charge in [0.25, 0.3) is 15.9 Å². The Morgan fingerprint density at radius 2 is 2.16 bits per heavy atom. The summed E-state index contributed by atoms with van der Waals surface area (Å²) in [4.78, 5) is 16.2. The van der Waals surface area contributed by atoms with Gasteiger partial charge in [0.1, 0.15) is 22.7 Å². The number of carbonyl (C=O) groups is 1. The molecule has 19 heavy (non-hydrogen) atoms. The molecule has 0 saturated heterocycles. The minimum absolute atomic E-state index is 0.125. The van der Waals surface area contributed by atoms with Crippen molar-refractivity contribution < 1.29 is 17.9 Å². The monoisotopic (exact) mass is 280 g/mol. The molecule has 1 amide bonds. The number of hydrogen-bond donors (Lipinski definition) is 3. The molecule has 0 bridgehead atoms. The fraction of sp³-hybridized carbons (Fsp3) is 0. The van der Waals surface area contributed by atoms with E-state index in [2.05, 4.69) is 14.4 Å². The Morgan fingerprint density at radius 3 is 2.89 bits per heavy atom. The van der Waals surface area contributed by atoms with Gasteiger partial charge in [-0.15, -0.1) is 0 Å². The van der Waals surface area contributed by atoms with Crippen LogP contribution in [0.15, 0.2) is 27.8 Å². The SMILES string of the molecule is NC(=O)c1[nH]cc2c1OC=c1[nH]ccc1=NS2(=O)=O. The van der Waals surface area contributed by atoms with Crippen LogP contribution in [-0.4, -0.2) is 24.3 Å². The van der Waals surface area contributed by atoms with Gasteiger partial charge in [-0.25, -0.2) is 0 Å². The van der Waals surface area contributed by atoms with Crippen LogP contribution in [0.4, 0.5) is 0 Å². The van der Waals surface area contributed by atoms with E-state index in [1.54, 1.807) is 0 Å². The number of sulfonamides is 1. The van der Waals surface area contributed by atoms with Crippen LogP contribution in [-0.2, 0) is 10.0 Å². The lowest BCUT2D eigenvalue weighted by molar-refractivity contribution is 0.0994. The topological polar surface area (TPSA) is 130 Å². The van der Waals surface area contributed by atoms with Gasteiger partial charge >= 0.3 is 0 Å². The van der Waals surface area contributed by atoms with Crippen molar-refractivity contribution in [2.45, 2.75) is 4.90 Å². The summed E-state index contributed by atoms with van der Waals surface area (Å²) in [7, 11) is -3.98. The summed E-state index contributed by atoms with van der Waals surface area (Å²) in [6.45, 7) is 0. The number of hydrogen-bond acceptors (Lipinski definition) is 4. The van der Waals surface area contributed by atoms with E-state index in [0.717, 1.165) is 6.20 Å². The molecular weight excluding hydrogens is 272 g/mol. The lowest BCUT2D eigenvalue weighted by Gasteiger charge is -2.04. The Labute approximate surface area is 106 Å². The molecule has 0 saturated carbocycles. The Bertz CT molecular complexity index is 890. The van der Waals surface area contributed by atoms with Gasteiger partial charge in [0.2, 0.25) is 0 Å². The molecule has 3 heterocycles. The highest BCUT2D eigenvalue weighted by atomic mass is 32.2. The molecule has 9 heteroatoms. The number of rotatable bonds is 1. The molecule has 0 atom stereocenters. The number of nitrogens with two attached hydrogens (primary N) is 1. The first-order valence-electron chi connectivity index (χ1n) is 5.15. The zero-order valence-electron chi connectivity index (χ0n) is 9.38. The quantitative estimate of drug-likeness (QED) is 0.591. The summed E-state index contributed by atoms with van der Waals surface area (Å²) < 4.78 is 33.1. The molecule has 0 spiro atoms. The molecule has 0 unspecified atom stereocenters. The van der Waals surface area contributed by atoms with Crippen molar-refractivity contribution in [1.29, 1.82) is 0 Å². The van der Waals surface area contributed by atoms with Gasteiger partial charge in [-0.3, -0.25) is 4.79 Å². The lowest BCUT2D eigenvalue weighted by Crippen LogP contribution is -2.26. The average molecular weight is 280 g/mol. The number of primary amides is 1. The smallest absolute Gasteiger partial charge is 0.288 e. The predicted octanol–water partition coefficient (Wildman–Crippen LogP) is -1.42. The average Bonchev–Trinajstić information content (AvgIpc) is 2.90. The number of nitrogens with zero attached hydrogens (tertiary/aromatic N) is 1. The maximum Gasteiger partial charge on any atom is 0.288 e. The second-order valence-corrected chi connectivity index (χ2v) is 5.37. The van der Waals surface area contributed by atoms with Crippen molar-refractivity contribution in [3.8, 4) is 5.75 Å². The number of fused-ring (bicyclic) bond motifs is 2. The molecule has 8 nitrogen and oxygen atoms in total. The largest absolute Gasteiger partial charge is 0.459 e. The molecule has 3 rings (SSSR count). The molecule has 1 aliphatic rings. The molecule has 0 aliphatic carbocycles. The van der Waals surface area contributed by atoms with Crippen molar-refractivity contribution in [3.63, 3.8) is 0 Å². The second-order valence-electron chi connectivity index (χ2n) is 3.80. The van der Waals surface area contributed by atoms with Gasteiger partial charge in [0, 0.05) is 12.4 Å². The number of nitrogens with one attached hydrogen (secondary N) is 2. The van der Waals surface area contributed by atoms with Gasteiger partial charge in [0.05, 0.1) is 0 Å². The van der Waals surface area contributed by atoms with Gasteiger partial charge in [0.15, 0.2) is 10.6 Å². The first-order chi connectivity index (χ1) is 8.99. The third kappa shape index (κ3) is 1.71. The second kappa shape index (κ2) is 3.72. The minimum atomic E-state index is -3.98. The van der Waals surface area contributed by atoms with Gasteiger partial charge < -0.3 is 20.4 Å². The Balaban J connectivity index is 2.37. The van der Waals surface area contributed by atoms with E-state index in [-0.39, 0.29) is 21.7 Å². The van der Waals surface area contributed by atoms with E-state index >= 15 is 0 Å². The van der Waals surface area contributed by atoms with E-state index < -0.39 is 15.9 Å². The maximum atomic E-state index is 12.1. The fourth-order valence-corrected chi connectivity index (χ4v) is 2.84. The summed E-state index contributed by atoms with van der Waals surface area (Å²) in [6.07, 6.45) is 3.92. The summed E-state index contributed by atoms with van der Waals surface area (Å²) in [5, 5.41) is 0.610. The first kappa shape index (κ1) is 11.5. The van der Waals surface area contributed by atoms with Crippen LogP contribution in [0.5, 0.6) is 5.75 Å². The molecular formula is C10H8N4O4S. The van der Waals surface area contributed by atoms with Crippen LogP contribution in [0.1, 0.15) is 10.5 Å². The van der Waals surface area contributed by atoms with Gasteiger partial charge in [-0.1, -0.05) is 0 Å². The maximum absolute atomic E-state index is 12.1. The van der Waals surface area contributed by atoms with Crippen molar-refractivity contribution in [2.75, 3.05) is 0 Å². The zero-order chi connectivity index (χ0) is 13.6. The van der Waals surface area contributed by atoms with E-state index in [9.17, 15) is 13.2 Å². The molecule has 1 aliphatic heterocycles. The van der Waals surface area contributed by atoms with Crippen molar-refractivity contribution >= 4 is 22.2 Å². The third-order valence-corrected chi connectivity index (χ3v) is 3.89. The Kier molecular flexibility index (Phi) is 2.26. The predicted molar refractivity (Wildman–Crippen MR) is 63.2 cm³/mol. The van der Waals surface area contributed by atoms with Crippen LogP contribution < -0.4 is 21.2 Å². The summed E-state index contributed by atoms with van der Waals surface area (Å²) in [5.74, 6) is -0.978. The van der Waals surface area contributed by atoms with Crippen molar-refractivity contribution in [3.05, 3.63) is 34.9 Å². The highest BCUT2D eigenvalue weighted by molar-refractivity contribution is 7.90. The fourth-order valence-electron chi connectivity index (χ4n) is 1.73. The van der Waals surface area contributed by atoms with Crippen LogP contribution in [0.2, 0.25) is 0 Å². The standard InChI is InChI=1S/C10H8N4O4S/c11-10(15)8-9-7(3-13-8)19(16,17)14-5-1-2-12-6(5)4-18-9/h1-4,12-13H,(H2,11,15). The van der Waals surface area contributed by atoms with Crippen molar-refractivity contribution in [2.24, 2.45) is 10.1 Å². The summed E-state index contributed by atoms with van der Waals surface area (Å²) in [6, 6.07) is 1.50. The number of ether oxygens (including phenoxy) is 1. The number of H-pyrrole nitrogens is 2. The number of carbonyl (C=O) groups excluding carboxylic acids is 1. The molecule has 0 radical (unpaired) electrons. The van der Waals surface area contributed by atoms with Crippen molar-refractivity contribution in [1.82, 2.24) is 9.97 Å². The molecule has 2 aromatic heterocycles. The molecule has 0 aromatic carbocycles. The van der Waals surface area contributed by atoms with E-state index in [0.29, 0.717) is 5.35 Å². The molecule has 0 fully saturated rings. The van der Waals surface area contributed by atoms with E-state index in [1.165, 1.54) is 18.5 Å². The highest BCUT2D eigenvalue weighted by Gasteiger charge is 2.27. The van der Waals surface area contributed by atoms with E-state index in [4.69, 9.17) is 10.5 Å². The minimum Gasteiger partial charge on any atom is -0.459 e. The first-order valence-corrected chi connectivity index (χ1v) is 6.59. The number of aromatic amines is 2.